The number of hydrogen-bond donors (Lipinski definition) is 2. The average Bonchev–Trinajstić information content (AvgIpc) is 2.98. The van der Waals surface area contributed by atoms with Gasteiger partial charge < -0.3 is 14.9 Å². The van der Waals surface area contributed by atoms with Crippen molar-refractivity contribution in [2.24, 2.45) is 0 Å². The van der Waals surface area contributed by atoms with Crippen LogP contribution in [0.2, 0.25) is 0 Å². The molecular formula is C20H23FN4O. The Bertz CT molecular complexity index is 928. The molecule has 0 bridgehead atoms. The van der Waals surface area contributed by atoms with Crippen molar-refractivity contribution in [3.63, 3.8) is 0 Å². The minimum atomic E-state index is -0.232. The summed E-state index contributed by atoms with van der Waals surface area (Å²) in [6.07, 6.45) is 2.76. The number of aryl methyl sites for hydroxylation is 2. The minimum Gasteiger partial charge on any atom is -0.361 e. The maximum Gasteiger partial charge on any atom is 0.182 e. The molecule has 0 fully saturated rings. The van der Waals surface area contributed by atoms with E-state index in [1.807, 2.05) is 13.1 Å². The van der Waals surface area contributed by atoms with E-state index in [9.17, 15) is 9.18 Å². The number of nitrogens with one attached hydrogen (secondary N) is 2. The summed E-state index contributed by atoms with van der Waals surface area (Å²) in [6.45, 7) is 5.75. The molecule has 2 aromatic heterocycles. The van der Waals surface area contributed by atoms with Gasteiger partial charge in [-0.2, -0.15) is 0 Å². The van der Waals surface area contributed by atoms with E-state index in [2.05, 4.69) is 26.8 Å². The number of halogens is 1. The second kappa shape index (κ2) is 8.10. The second-order valence-electron chi connectivity index (χ2n) is 6.36. The fraction of sp³-hybridized carbons (Fsp3) is 0.300. The smallest absolute Gasteiger partial charge is 0.182 e. The van der Waals surface area contributed by atoms with Gasteiger partial charge in [-0.25, -0.2) is 9.37 Å². The number of imidazole rings is 1. The van der Waals surface area contributed by atoms with Gasteiger partial charge in [0.15, 0.2) is 5.43 Å². The molecular weight excluding hydrogens is 331 g/mol. The highest BCUT2D eigenvalue weighted by Gasteiger charge is 2.09. The maximum atomic E-state index is 13.1. The molecule has 0 amide bonds. The monoisotopic (exact) mass is 354 g/mol. The molecule has 0 aliphatic carbocycles. The number of rotatable bonds is 7. The van der Waals surface area contributed by atoms with Crippen molar-refractivity contribution in [3.8, 4) is 0 Å². The molecule has 0 aliphatic heterocycles. The van der Waals surface area contributed by atoms with Crippen molar-refractivity contribution in [3.05, 3.63) is 87.1 Å². The predicted molar refractivity (Wildman–Crippen MR) is 99.5 cm³/mol. The Kier molecular flexibility index (Phi) is 5.63. The summed E-state index contributed by atoms with van der Waals surface area (Å²) in [7, 11) is 0. The van der Waals surface area contributed by atoms with E-state index < -0.39 is 0 Å². The van der Waals surface area contributed by atoms with Crippen LogP contribution in [0.1, 0.15) is 35.4 Å². The third kappa shape index (κ3) is 4.46. The summed E-state index contributed by atoms with van der Waals surface area (Å²) >= 11 is 0. The van der Waals surface area contributed by atoms with E-state index in [0.29, 0.717) is 19.6 Å². The molecule has 0 spiro atoms. The third-order valence-corrected chi connectivity index (χ3v) is 4.27. The van der Waals surface area contributed by atoms with Gasteiger partial charge in [-0.05, 0) is 31.0 Å². The quantitative estimate of drug-likeness (QED) is 0.686. The zero-order valence-corrected chi connectivity index (χ0v) is 15.1. The lowest BCUT2D eigenvalue weighted by atomic mass is 10.2. The molecule has 3 rings (SSSR count). The van der Waals surface area contributed by atoms with E-state index in [0.717, 1.165) is 34.9 Å². The van der Waals surface area contributed by atoms with Crippen LogP contribution in [-0.4, -0.2) is 14.5 Å². The third-order valence-electron chi connectivity index (χ3n) is 4.27. The van der Waals surface area contributed by atoms with E-state index in [1.54, 1.807) is 24.3 Å². The van der Waals surface area contributed by atoms with Crippen molar-refractivity contribution in [2.45, 2.75) is 39.9 Å². The average molecular weight is 354 g/mol. The van der Waals surface area contributed by atoms with Gasteiger partial charge in [-0.1, -0.05) is 19.1 Å². The molecule has 0 atom stereocenters. The Hall–Kier alpha value is -2.73. The van der Waals surface area contributed by atoms with Crippen molar-refractivity contribution in [2.75, 3.05) is 0 Å². The minimum absolute atomic E-state index is 0.00382. The second-order valence-corrected chi connectivity index (χ2v) is 6.36. The Labute approximate surface area is 151 Å². The van der Waals surface area contributed by atoms with Gasteiger partial charge in [0.2, 0.25) is 0 Å². The van der Waals surface area contributed by atoms with E-state index in [-0.39, 0.29) is 11.2 Å². The topological polar surface area (TPSA) is 62.7 Å². The van der Waals surface area contributed by atoms with Crippen molar-refractivity contribution in [1.29, 1.82) is 0 Å². The molecule has 2 heterocycles. The fourth-order valence-electron chi connectivity index (χ4n) is 3.00. The summed E-state index contributed by atoms with van der Waals surface area (Å²) in [5.74, 6) is 0.685. The number of pyridine rings is 1. The van der Waals surface area contributed by atoms with E-state index in [1.165, 1.54) is 12.1 Å². The SMILES string of the molecule is CCc1cnc(CNCc2cc(=O)cc(C)[nH]2)n1Cc1ccc(F)cc1. The Balaban J connectivity index is 1.70. The normalized spacial score (nSPS) is 11.0. The molecule has 0 saturated heterocycles. The van der Waals surface area contributed by atoms with Crippen LogP contribution in [0.25, 0.3) is 0 Å². The highest BCUT2D eigenvalue weighted by Crippen LogP contribution is 2.12. The van der Waals surface area contributed by atoms with Crippen LogP contribution in [0.3, 0.4) is 0 Å². The first-order valence-corrected chi connectivity index (χ1v) is 8.73. The largest absolute Gasteiger partial charge is 0.361 e. The molecule has 3 aromatic rings. The molecule has 5 nitrogen and oxygen atoms in total. The van der Waals surface area contributed by atoms with Crippen LogP contribution in [0, 0.1) is 12.7 Å². The van der Waals surface area contributed by atoms with Crippen molar-refractivity contribution in [1.82, 2.24) is 19.9 Å². The zero-order chi connectivity index (χ0) is 18.5. The lowest BCUT2D eigenvalue weighted by Gasteiger charge is -2.12. The van der Waals surface area contributed by atoms with Gasteiger partial charge in [0.25, 0.3) is 0 Å². The number of hydrogen-bond acceptors (Lipinski definition) is 3. The Morgan fingerprint density at radius 2 is 1.96 bits per heavy atom. The molecule has 136 valence electrons. The zero-order valence-electron chi connectivity index (χ0n) is 15.1. The molecule has 1 aromatic carbocycles. The van der Waals surface area contributed by atoms with Gasteiger partial charge in [0.05, 0.1) is 6.54 Å². The molecule has 6 heteroatoms. The number of aromatic amines is 1. The van der Waals surface area contributed by atoms with E-state index >= 15 is 0 Å². The summed E-state index contributed by atoms with van der Waals surface area (Å²) in [5.41, 5.74) is 3.87. The number of aromatic nitrogens is 3. The Morgan fingerprint density at radius 3 is 2.65 bits per heavy atom. The van der Waals surface area contributed by atoms with Gasteiger partial charge in [0.1, 0.15) is 11.6 Å². The summed E-state index contributed by atoms with van der Waals surface area (Å²) in [4.78, 5) is 19.3. The highest BCUT2D eigenvalue weighted by molar-refractivity contribution is 5.19. The first-order valence-electron chi connectivity index (χ1n) is 8.73. The molecule has 2 N–H and O–H groups in total. The molecule has 0 aliphatic rings. The van der Waals surface area contributed by atoms with Crippen LogP contribution < -0.4 is 10.7 Å². The maximum absolute atomic E-state index is 13.1. The van der Waals surface area contributed by atoms with Crippen LogP contribution in [0.15, 0.2) is 47.4 Å². The van der Waals surface area contributed by atoms with E-state index in [4.69, 9.17) is 0 Å². The molecule has 26 heavy (non-hydrogen) atoms. The predicted octanol–water partition coefficient (Wildman–Crippen LogP) is 2.92. The fourth-order valence-corrected chi connectivity index (χ4v) is 3.00. The summed E-state index contributed by atoms with van der Waals surface area (Å²) < 4.78 is 15.3. The van der Waals surface area contributed by atoms with Crippen LogP contribution in [0.5, 0.6) is 0 Å². The Morgan fingerprint density at radius 1 is 1.19 bits per heavy atom. The summed E-state index contributed by atoms with van der Waals surface area (Å²) in [6, 6.07) is 9.72. The van der Waals surface area contributed by atoms with Gasteiger partial charge in [0, 0.05) is 48.5 Å². The lowest BCUT2D eigenvalue weighted by Crippen LogP contribution is -2.19. The van der Waals surface area contributed by atoms with Crippen molar-refractivity contribution < 1.29 is 4.39 Å². The van der Waals surface area contributed by atoms with Crippen LogP contribution in [0.4, 0.5) is 4.39 Å². The lowest BCUT2D eigenvalue weighted by molar-refractivity contribution is 0.602. The standard InChI is InChI=1S/C20H23FN4O/c1-3-18-11-23-20(25(18)13-15-4-6-16(21)7-5-15)12-22-10-17-9-19(26)8-14(2)24-17/h4-9,11,22H,3,10,12-13H2,1-2H3,(H,24,26). The van der Waals surface area contributed by atoms with Gasteiger partial charge in [-0.3, -0.25) is 4.79 Å². The van der Waals surface area contributed by atoms with Crippen molar-refractivity contribution >= 4 is 0 Å². The molecule has 0 unspecified atom stereocenters. The first-order chi connectivity index (χ1) is 12.5. The number of nitrogens with zero attached hydrogens (tertiary/aromatic N) is 2. The number of H-pyrrole nitrogens is 1. The molecule has 0 saturated carbocycles. The molecule has 0 radical (unpaired) electrons. The first kappa shape index (κ1) is 18.1. The summed E-state index contributed by atoms with van der Waals surface area (Å²) in [5, 5.41) is 3.33. The van der Waals surface area contributed by atoms with Gasteiger partial charge >= 0.3 is 0 Å². The highest BCUT2D eigenvalue weighted by atomic mass is 19.1. The van der Waals surface area contributed by atoms with Crippen LogP contribution in [-0.2, 0) is 26.1 Å². The van der Waals surface area contributed by atoms with Gasteiger partial charge in [-0.15, -0.1) is 0 Å². The number of benzene rings is 1. The van der Waals surface area contributed by atoms with Crippen LogP contribution >= 0.6 is 0 Å².